The van der Waals surface area contributed by atoms with E-state index in [0.717, 1.165) is 11.3 Å². The summed E-state index contributed by atoms with van der Waals surface area (Å²) in [5.74, 6) is 0.855. The number of fused-ring (bicyclic) bond motifs is 1. The topological polar surface area (TPSA) is 26.5 Å². The van der Waals surface area contributed by atoms with Crippen LogP contribution in [0.3, 0.4) is 0 Å². The van der Waals surface area contributed by atoms with E-state index in [4.69, 9.17) is 9.84 Å². The Morgan fingerprint density at radius 3 is 2.39 bits per heavy atom. The van der Waals surface area contributed by atoms with Crippen LogP contribution in [0.4, 0.5) is 0 Å². The summed E-state index contributed by atoms with van der Waals surface area (Å²) in [5.41, 5.74) is 1.16. The lowest BCUT2D eigenvalue weighted by atomic mass is 10.4. The van der Waals surface area contributed by atoms with Gasteiger partial charge in [-0.2, -0.15) is 5.10 Å². The zero-order valence-electron chi connectivity index (χ0n) is 11.7. The van der Waals surface area contributed by atoms with Gasteiger partial charge in [0, 0.05) is 5.32 Å². The molecule has 4 heteroatoms. The van der Waals surface area contributed by atoms with Crippen molar-refractivity contribution in [3.8, 4) is 5.75 Å². The van der Waals surface area contributed by atoms with Crippen LogP contribution in [0.15, 0.2) is 24.4 Å². The van der Waals surface area contributed by atoms with Crippen LogP contribution in [0, 0.1) is 0 Å². The molecule has 2 rings (SSSR count). The SMILES string of the molecule is CC[Si](CC)(CC)c1cc2ccc(OC)cn2n1. The molecule has 0 saturated heterocycles. The van der Waals surface area contributed by atoms with Crippen LogP contribution < -0.4 is 10.1 Å². The lowest BCUT2D eigenvalue weighted by molar-refractivity contribution is 0.411. The minimum Gasteiger partial charge on any atom is -0.495 e. The Kier molecular flexibility index (Phi) is 3.75. The molecule has 0 bridgehead atoms. The van der Waals surface area contributed by atoms with E-state index in [1.54, 1.807) is 7.11 Å². The molecule has 0 N–H and O–H groups in total. The molecule has 0 aliphatic heterocycles. The van der Waals surface area contributed by atoms with Gasteiger partial charge in [-0.15, -0.1) is 0 Å². The van der Waals surface area contributed by atoms with E-state index in [1.807, 2.05) is 16.8 Å². The van der Waals surface area contributed by atoms with Gasteiger partial charge in [0.1, 0.15) is 13.8 Å². The maximum atomic E-state index is 5.25. The summed E-state index contributed by atoms with van der Waals surface area (Å²) in [6, 6.07) is 10.1. The molecule has 0 aliphatic carbocycles. The second-order valence-corrected chi connectivity index (χ2v) is 10.0. The zero-order valence-corrected chi connectivity index (χ0v) is 12.7. The van der Waals surface area contributed by atoms with Gasteiger partial charge in [-0.05, 0) is 18.2 Å². The maximum absolute atomic E-state index is 5.25. The molecule has 0 spiro atoms. The second kappa shape index (κ2) is 5.14. The van der Waals surface area contributed by atoms with Crippen molar-refractivity contribution in [1.82, 2.24) is 9.61 Å². The van der Waals surface area contributed by atoms with Crippen LogP contribution in [-0.4, -0.2) is 24.8 Å². The fourth-order valence-electron chi connectivity index (χ4n) is 2.64. The van der Waals surface area contributed by atoms with Crippen LogP contribution in [0.1, 0.15) is 20.8 Å². The lowest BCUT2D eigenvalue weighted by Crippen LogP contribution is -2.46. The number of nitrogens with zero attached hydrogens (tertiary/aromatic N) is 2. The van der Waals surface area contributed by atoms with Gasteiger partial charge < -0.3 is 4.74 Å². The molecule has 0 aromatic carbocycles. The minimum absolute atomic E-state index is 0.855. The van der Waals surface area contributed by atoms with E-state index < -0.39 is 8.07 Å². The molecule has 2 heterocycles. The molecule has 0 radical (unpaired) electrons. The van der Waals surface area contributed by atoms with Gasteiger partial charge in [-0.1, -0.05) is 38.9 Å². The second-order valence-electron chi connectivity index (χ2n) is 4.81. The number of hydrogen-bond acceptors (Lipinski definition) is 2. The van der Waals surface area contributed by atoms with Crippen molar-refractivity contribution >= 4 is 18.9 Å². The van der Waals surface area contributed by atoms with Gasteiger partial charge >= 0.3 is 0 Å². The largest absolute Gasteiger partial charge is 0.495 e. The molecule has 0 fully saturated rings. The van der Waals surface area contributed by atoms with Crippen molar-refractivity contribution in [2.24, 2.45) is 0 Å². The molecule has 0 unspecified atom stereocenters. The molecule has 0 aliphatic rings. The standard InChI is InChI=1S/C14H22N2OSi/c1-5-18(6-2,7-3)14-10-12-8-9-13(17-4)11-16(12)15-14/h8-11H,5-7H2,1-4H3. The molecule has 3 nitrogen and oxygen atoms in total. The molecule has 2 aromatic rings. The molecule has 0 atom stereocenters. The highest BCUT2D eigenvalue weighted by atomic mass is 28.3. The van der Waals surface area contributed by atoms with E-state index in [0.29, 0.717) is 0 Å². The third kappa shape index (κ3) is 2.05. The molecule has 18 heavy (non-hydrogen) atoms. The molecule has 98 valence electrons. The molecular formula is C14H22N2OSi. The first kappa shape index (κ1) is 13.1. The minimum atomic E-state index is -1.38. The normalized spacial score (nSPS) is 12.0. The highest BCUT2D eigenvalue weighted by molar-refractivity contribution is 6.91. The van der Waals surface area contributed by atoms with Crippen molar-refractivity contribution in [1.29, 1.82) is 0 Å². The molecule has 0 amide bonds. The van der Waals surface area contributed by atoms with Crippen LogP contribution in [0.5, 0.6) is 5.75 Å². The quantitative estimate of drug-likeness (QED) is 0.774. The Labute approximate surface area is 110 Å². The average Bonchev–Trinajstić information content (AvgIpc) is 2.84. The third-order valence-electron chi connectivity index (χ3n) is 4.24. The van der Waals surface area contributed by atoms with Gasteiger partial charge in [-0.3, -0.25) is 0 Å². The molecule has 2 aromatic heterocycles. The monoisotopic (exact) mass is 262 g/mol. The van der Waals surface area contributed by atoms with E-state index in [1.165, 1.54) is 23.4 Å². The highest BCUT2D eigenvalue weighted by Gasteiger charge is 2.32. The van der Waals surface area contributed by atoms with Gasteiger partial charge in [0.25, 0.3) is 0 Å². The first-order chi connectivity index (χ1) is 8.69. The number of methoxy groups -OCH3 is 1. The van der Waals surface area contributed by atoms with Gasteiger partial charge in [-0.25, -0.2) is 4.52 Å². The summed E-state index contributed by atoms with van der Waals surface area (Å²) in [4.78, 5) is 0. The van der Waals surface area contributed by atoms with Crippen molar-refractivity contribution in [2.45, 2.75) is 38.9 Å². The van der Waals surface area contributed by atoms with E-state index in [9.17, 15) is 0 Å². The Morgan fingerprint density at radius 1 is 1.17 bits per heavy atom. The third-order valence-corrected chi connectivity index (χ3v) is 9.63. The summed E-state index contributed by atoms with van der Waals surface area (Å²) in [6.07, 6.45) is 1.96. The highest BCUT2D eigenvalue weighted by Crippen LogP contribution is 2.21. The van der Waals surface area contributed by atoms with Crippen molar-refractivity contribution in [3.05, 3.63) is 24.4 Å². The van der Waals surface area contributed by atoms with Crippen LogP contribution in [0.2, 0.25) is 18.1 Å². The lowest BCUT2D eigenvalue weighted by Gasteiger charge is -2.25. The van der Waals surface area contributed by atoms with Crippen LogP contribution in [-0.2, 0) is 0 Å². The Morgan fingerprint density at radius 2 is 1.83 bits per heavy atom. The van der Waals surface area contributed by atoms with Crippen molar-refractivity contribution in [2.75, 3.05) is 7.11 Å². The summed E-state index contributed by atoms with van der Waals surface area (Å²) in [5, 5.41) is 6.14. The summed E-state index contributed by atoms with van der Waals surface area (Å²) in [7, 11) is 0.312. The number of pyridine rings is 1. The number of rotatable bonds is 5. The smallest absolute Gasteiger partial charge is 0.137 e. The zero-order chi connectivity index (χ0) is 13.2. The summed E-state index contributed by atoms with van der Waals surface area (Å²) < 4.78 is 7.20. The van der Waals surface area contributed by atoms with E-state index >= 15 is 0 Å². The van der Waals surface area contributed by atoms with Gasteiger partial charge in [0.15, 0.2) is 0 Å². The van der Waals surface area contributed by atoms with Crippen LogP contribution >= 0.6 is 0 Å². The van der Waals surface area contributed by atoms with Crippen LogP contribution in [0.25, 0.3) is 5.52 Å². The predicted molar refractivity (Wildman–Crippen MR) is 78.6 cm³/mol. The van der Waals surface area contributed by atoms with E-state index in [2.05, 4.69) is 32.9 Å². The number of hydrogen-bond donors (Lipinski definition) is 0. The number of ether oxygens (including phenoxy) is 1. The Bertz CT molecular complexity index is 523. The van der Waals surface area contributed by atoms with E-state index in [-0.39, 0.29) is 0 Å². The Balaban J connectivity index is 2.52. The maximum Gasteiger partial charge on any atom is 0.137 e. The average molecular weight is 262 g/mol. The van der Waals surface area contributed by atoms with Gasteiger partial charge in [0.05, 0.1) is 18.8 Å². The molecule has 0 saturated carbocycles. The van der Waals surface area contributed by atoms with Crippen molar-refractivity contribution < 1.29 is 4.74 Å². The first-order valence-corrected chi connectivity index (χ1v) is 9.35. The summed E-state index contributed by atoms with van der Waals surface area (Å²) in [6.45, 7) is 6.93. The predicted octanol–water partition coefficient (Wildman–Crippen LogP) is 3.06. The fourth-order valence-corrected chi connectivity index (χ4v) is 6.00. The van der Waals surface area contributed by atoms with Gasteiger partial charge in [0.2, 0.25) is 0 Å². The summed E-state index contributed by atoms with van der Waals surface area (Å²) >= 11 is 0. The fraction of sp³-hybridized carbons (Fsp3) is 0.500. The van der Waals surface area contributed by atoms with Crippen molar-refractivity contribution in [3.63, 3.8) is 0 Å². The molecular weight excluding hydrogens is 240 g/mol. The number of aromatic nitrogens is 2. The Hall–Kier alpha value is -1.29. The first-order valence-electron chi connectivity index (χ1n) is 6.73.